The third-order valence-electron chi connectivity index (χ3n) is 3.85. The number of hydrogen-bond donors (Lipinski definition) is 1. The molecule has 2 aromatic carbocycles. The summed E-state index contributed by atoms with van der Waals surface area (Å²) in [5, 5.41) is 10.5. The Balaban J connectivity index is 2.10. The summed E-state index contributed by atoms with van der Waals surface area (Å²) in [6.45, 7) is 1.65. The highest BCUT2D eigenvalue weighted by atomic mass is 79.9. The SMILES string of the molecule is COc1c(/C=C/C(=O)c2ccc(Br)cc2)c(O)cc2oc(C)cc(=O)c12. The molecule has 0 fully saturated rings. The molecule has 3 rings (SSSR count). The van der Waals surface area contributed by atoms with Crippen molar-refractivity contribution in [2.75, 3.05) is 7.11 Å². The van der Waals surface area contributed by atoms with Crippen LogP contribution in [-0.2, 0) is 0 Å². The van der Waals surface area contributed by atoms with E-state index in [1.165, 1.54) is 31.4 Å². The van der Waals surface area contributed by atoms with E-state index in [1.807, 2.05) is 0 Å². The summed E-state index contributed by atoms with van der Waals surface area (Å²) >= 11 is 3.32. The zero-order valence-electron chi connectivity index (χ0n) is 14.1. The lowest BCUT2D eigenvalue weighted by Crippen LogP contribution is -2.04. The summed E-state index contributed by atoms with van der Waals surface area (Å²) in [6.07, 6.45) is 2.75. The van der Waals surface area contributed by atoms with Crippen molar-refractivity contribution in [3.8, 4) is 11.5 Å². The van der Waals surface area contributed by atoms with Crippen molar-refractivity contribution < 1.29 is 19.1 Å². The van der Waals surface area contributed by atoms with Gasteiger partial charge in [-0.15, -0.1) is 0 Å². The van der Waals surface area contributed by atoms with E-state index >= 15 is 0 Å². The number of methoxy groups -OCH3 is 1. The number of carbonyl (C=O) groups is 1. The summed E-state index contributed by atoms with van der Waals surface area (Å²) in [5.74, 6) is 0.198. The van der Waals surface area contributed by atoms with Gasteiger partial charge in [-0.2, -0.15) is 0 Å². The van der Waals surface area contributed by atoms with Gasteiger partial charge in [-0.05, 0) is 43.3 Å². The highest BCUT2D eigenvalue weighted by Gasteiger charge is 2.17. The maximum Gasteiger partial charge on any atom is 0.196 e. The number of aromatic hydroxyl groups is 1. The minimum atomic E-state index is -0.283. The number of phenols is 1. The van der Waals surface area contributed by atoms with Crippen LogP contribution < -0.4 is 10.2 Å². The number of phenolic OH excluding ortho intramolecular Hbond substituents is 1. The number of aryl methyl sites for hydroxylation is 1. The molecule has 0 saturated carbocycles. The molecule has 6 heteroatoms. The molecule has 0 radical (unpaired) electrons. The van der Waals surface area contributed by atoms with E-state index in [-0.39, 0.29) is 39.2 Å². The molecule has 0 spiro atoms. The Morgan fingerprint density at radius 3 is 2.58 bits per heavy atom. The van der Waals surface area contributed by atoms with Gasteiger partial charge in [0.1, 0.15) is 28.2 Å². The molecule has 0 aliphatic carbocycles. The number of rotatable bonds is 4. The molecule has 132 valence electrons. The highest BCUT2D eigenvalue weighted by molar-refractivity contribution is 9.10. The van der Waals surface area contributed by atoms with Crippen molar-refractivity contribution in [2.24, 2.45) is 0 Å². The second-order valence-corrected chi connectivity index (χ2v) is 6.56. The van der Waals surface area contributed by atoms with E-state index in [9.17, 15) is 14.7 Å². The second-order valence-electron chi connectivity index (χ2n) is 5.64. The lowest BCUT2D eigenvalue weighted by atomic mass is 10.1. The number of ketones is 1. The molecule has 5 nitrogen and oxygen atoms in total. The number of carbonyl (C=O) groups excluding carboxylic acids is 1. The zero-order chi connectivity index (χ0) is 18.8. The predicted octanol–water partition coefficient (Wildman–Crippen LogP) is 4.47. The molecular formula is C20H15BrO5. The molecule has 0 aliphatic heterocycles. The molecule has 1 heterocycles. The summed E-state index contributed by atoms with van der Waals surface area (Å²) in [5.41, 5.74) is 0.677. The van der Waals surface area contributed by atoms with Gasteiger partial charge in [-0.1, -0.05) is 15.9 Å². The minimum absolute atomic E-state index is 0.150. The van der Waals surface area contributed by atoms with Crippen molar-refractivity contribution in [2.45, 2.75) is 6.92 Å². The molecule has 26 heavy (non-hydrogen) atoms. The van der Waals surface area contributed by atoms with Crippen LogP contribution in [0, 0.1) is 6.92 Å². The topological polar surface area (TPSA) is 76.7 Å². The Labute approximate surface area is 157 Å². The molecule has 3 aromatic rings. The lowest BCUT2D eigenvalue weighted by molar-refractivity contribution is 0.104. The Morgan fingerprint density at radius 2 is 1.92 bits per heavy atom. The van der Waals surface area contributed by atoms with Crippen LogP contribution in [0.25, 0.3) is 17.0 Å². The predicted molar refractivity (Wildman–Crippen MR) is 103 cm³/mol. The minimum Gasteiger partial charge on any atom is -0.507 e. The molecule has 1 N–H and O–H groups in total. The molecule has 0 saturated heterocycles. The fraction of sp³-hybridized carbons (Fsp3) is 0.100. The summed E-state index contributed by atoms with van der Waals surface area (Å²) in [6, 6.07) is 9.60. The normalized spacial score (nSPS) is 11.2. The van der Waals surface area contributed by atoms with Crippen molar-refractivity contribution >= 4 is 38.8 Å². The van der Waals surface area contributed by atoms with E-state index in [4.69, 9.17) is 9.15 Å². The first kappa shape index (κ1) is 17.9. The van der Waals surface area contributed by atoms with Crippen LogP contribution in [0.5, 0.6) is 11.5 Å². The van der Waals surface area contributed by atoms with Crippen molar-refractivity contribution in [1.82, 2.24) is 0 Å². The largest absolute Gasteiger partial charge is 0.507 e. The lowest BCUT2D eigenvalue weighted by Gasteiger charge is -2.10. The van der Waals surface area contributed by atoms with Gasteiger partial charge in [0.2, 0.25) is 0 Å². The Bertz CT molecular complexity index is 1080. The molecular weight excluding hydrogens is 400 g/mol. The van der Waals surface area contributed by atoms with Crippen molar-refractivity contribution in [3.63, 3.8) is 0 Å². The highest BCUT2D eigenvalue weighted by Crippen LogP contribution is 2.36. The number of hydrogen-bond acceptors (Lipinski definition) is 5. The van der Waals surface area contributed by atoms with Gasteiger partial charge in [-0.25, -0.2) is 0 Å². The van der Waals surface area contributed by atoms with Gasteiger partial charge < -0.3 is 14.3 Å². The zero-order valence-corrected chi connectivity index (χ0v) is 15.7. The number of fused-ring (bicyclic) bond motifs is 1. The van der Waals surface area contributed by atoms with Crippen LogP contribution in [0.1, 0.15) is 21.7 Å². The van der Waals surface area contributed by atoms with Gasteiger partial charge in [0.15, 0.2) is 11.2 Å². The van der Waals surface area contributed by atoms with Gasteiger partial charge in [0.25, 0.3) is 0 Å². The fourth-order valence-electron chi connectivity index (χ4n) is 2.65. The van der Waals surface area contributed by atoms with Gasteiger partial charge >= 0.3 is 0 Å². The molecule has 0 bridgehead atoms. The van der Waals surface area contributed by atoms with Crippen molar-refractivity contribution in [1.29, 1.82) is 0 Å². The van der Waals surface area contributed by atoms with Gasteiger partial charge in [0.05, 0.1) is 12.7 Å². The molecule has 0 atom stereocenters. The summed E-state index contributed by atoms with van der Waals surface area (Å²) < 4.78 is 11.7. The summed E-state index contributed by atoms with van der Waals surface area (Å²) in [4.78, 5) is 24.6. The molecule has 0 aliphatic rings. The Kier molecular flexibility index (Phi) is 4.95. The van der Waals surface area contributed by atoms with Crippen LogP contribution in [0.4, 0.5) is 0 Å². The second kappa shape index (κ2) is 7.17. The average Bonchev–Trinajstić information content (AvgIpc) is 2.59. The maximum absolute atomic E-state index is 12.3. The number of benzene rings is 2. The smallest absolute Gasteiger partial charge is 0.196 e. The van der Waals surface area contributed by atoms with Crippen molar-refractivity contribution in [3.05, 3.63) is 74.1 Å². The first-order valence-electron chi connectivity index (χ1n) is 7.73. The van der Waals surface area contributed by atoms with E-state index < -0.39 is 0 Å². The van der Waals surface area contributed by atoms with E-state index in [1.54, 1.807) is 31.2 Å². The molecule has 0 unspecified atom stereocenters. The number of ether oxygens (including phenoxy) is 1. The van der Waals surface area contributed by atoms with Crippen LogP contribution in [0.2, 0.25) is 0 Å². The molecule has 1 aromatic heterocycles. The number of halogens is 1. The quantitative estimate of drug-likeness (QED) is 0.503. The van der Waals surface area contributed by atoms with E-state index in [0.29, 0.717) is 11.3 Å². The summed E-state index contributed by atoms with van der Waals surface area (Å²) in [7, 11) is 1.39. The third kappa shape index (κ3) is 3.41. The fourth-order valence-corrected chi connectivity index (χ4v) is 2.92. The maximum atomic E-state index is 12.3. The van der Waals surface area contributed by atoms with Crippen LogP contribution >= 0.6 is 15.9 Å². The monoisotopic (exact) mass is 414 g/mol. The van der Waals surface area contributed by atoms with Gasteiger partial charge in [-0.3, -0.25) is 9.59 Å². The Hall–Kier alpha value is -2.86. The van der Waals surface area contributed by atoms with Crippen LogP contribution in [-0.4, -0.2) is 18.0 Å². The van der Waals surface area contributed by atoms with Gasteiger partial charge in [0, 0.05) is 22.2 Å². The Morgan fingerprint density at radius 1 is 1.23 bits per heavy atom. The van der Waals surface area contributed by atoms with Crippen LogP contribution in [0.15, 0.2) is 56.2 Å². The third-order valence-corrected chi connectivity index (χ3v) is 4.38. The first-order chi connectivity index (χ1) is 12.4. The standard InChI is InChI=1S/C20H15BrO5/c1-11-9-17(24)19-18(26-11)10-16(23)14(20(19)25-2)7-8-15(22)12-3-5-13(21)6-4-12/h3-10,23H,1-2H3/b8-7+. The molecule has 0 amide bonds. The van der Waals surface area contributed by atoms with E-state index in [0.717, 1.165) is 4.47 Å². The van der Waals surface area contributed by atoms with E-state index in [2.05, 4.69) is 15.9 Å². The average molecular weight is 415 g/mol. The first-order valence-corrected chi connectivity index (χ1v) is 8.52. The number of allylic oxidation sites excluding steroid dienone is 1. The van der Waals surface area contributed by atoms with Crippen LogP contribution in [0.3, 0.4) is 0 Å².